The third kappa shape index (κ3) is 3.46. The van der Waals surface area contributed by atoms with Crippen molar-refractivity contribution in [3.8, 4) is 22.6 Å². The molecule has 2 aromatic rings. The smallest absolute Gasteiger partial charge is 0.382 e. The highest BCUT2D eigenvalue weighted by Gasteiger charge is 2.26. The predicted molar refractivity (Wildman–Crippen MR) is 84.0 cm³/mol. The summed E-state index contributed by atoms with van der Waals surface area (Å²) in [7, 11) is -3.86. The van der Waals surface area contributed by atoms with Crippen molar-refractivity contribution < 1.29 is 21.7 Å². The Hall–Kier alpha value is -2.12. The molecule has 1 N–H and O–H groups in total. The van der Waals surface area contributed by atoms with Crippen molar-refractivity contribution >= 4 is 10.3 Å². The molecule has 23 heavy (non-hydrogen) atoms. The lowest BCUT2D eigenvalue weighted by atomic mass is 10.0. The summed E-state index contributed by atoms with van der Waals surface area (Å²) in [6.45, 7) is 3.84. The van der Waals surface area contributed by atoms with Crippen LogP contribution in [0, 0.1) is 5.82 Å². The van der Waals surface area contributed by atoms with E-state index in [4.69, 9.17) is 8.92 Å². The highest BCUT2D eigenvalue weighted by molar-refractivity contribution is 7.85. The summed E-state index contributed by atoms with van der Waals surface area (Å²) in [5.41, 5.74) is 1.49. The summed E-state index contributed by atoms with van der Waals surface area (Å²) in [6, 6.07) is 9.51. The van der Waals surface area contributed by atoms with Crippen molar-refractivity contribution in [1.82, 2.24) is 4.72 Å². The molecule has 2 aromatic carbocycles. The summed E-state index contributed by atoms with van der Waals surface area (Å²) >= 11 is 0. The summed E-state index contributed by atoms with van der Waals surface area (Å²) < 4.78 is 49.8. The van der Waals surface area contributed by atoms with Crippen molar-refractivity contribution in [1.29, 1.82) is 0 Å². The zero-order chi connectivity index (χ0) is 16.6. The van der Waals surface area contributed by atoms with Crippen LogP contribution in [-0.4, -0.2) is 14.5 Å². The van der Waals surface area contributed by atoms with Gasteiger partial charge in [0.2, 0.25) is 0 Å². The molecule has 1 aliphatic rings. The zero-order valence-electron chi connectivity index (χ0n) is 12.7. The summed E-state index contributed by atoms with van der Waals surface area (Å²) in [4.78, 5) is 0. The van der Waals surface area contributed by atoms with E-state index in [0.29, 0.717) is 22.4 Å². The van der Waals surface area contributed by atoms with E-state index in [1.165, 1.54) is 12.1 Å². The molecule has 122 valence electrons. The lowest BCUT2D eigenvalue weighted by molar-refractivity contribution is 0.242. The zero-order valence-corrected chi connectivity index (χ0v) is 13.5. The number of hydrogen-bond acceptors (Lipinski definition) is 4. The fourth-order valence-corrected chi connectivity index (χ4v) is 3.19. The first-order valence-electron chi connectivity index (χ1n) is 7.12. The summed E-state index contributed by atoms with van der Waals surface area (Å²) in [6.07, 6.45) is 0.0438. The third-order valence-corrected chi connectivity index (χ3v) is 4.18. The van der Waals surface area contributed by atoms with Gasteiger partial charge in [0.25, 0.3) is 0 Å². The van der Waals surface area contributed by atoms with E-state index >= 15 is 0 Å². The Kier molecular flexibility index (Phi) is 3.99. The van der Waals surface area contributed by atoms with Gasteiger partial charge in [-0.3, -0.25) is 0 Å². The topological polar surface area (TPSA) is 64.6 Å². The van der Waals surface area contributed by atoms with Gasteiger partial charge in [-0.2, -0.15) is 13.1 Å². The van der Waals surface area contributed by atoms with Crippen molar-refractivity contribution in [3.05, 3.63) is 47.8 Å². The first kappa shape index (κ1) is 15.8. The van der Waals surface area contributed by atoms with E-state index in [-0.39, 0.29) is 18.4 Å². The second-order valence-corrected chi connectivity index (χ2v) is 6.85. The minimum absolute atomic E-state index is 0.00301. The Bertz CT molecular complexity index is 832. The van der Waals surface area contributed by atoms with E-state index < -0.39 is 16.1 Å². The number of ether oxygens (including phenoxy) is 1. The van der Waals surface area contributed by atoms with Crippen LogP contribution in [0.1, 0.15) is 19.4 Å². The number of fused-ring (bicyclic) bond motifs is 1. The largest absolute Gasteiger partial charge is 0.491 e. The maximum atomic E-state index is 13.8. The molecule has 0 amide bonds. The molecule has 0 radical (unpaired) electrons. The molecule has 0 unspecified atom stereocenters. The molecule has 7 heteroatoms. The van der Waals surface area contributed by atoms with Crippen LogP contribution in [-0.2, 0) is 16.8 Å². The van der Waals surface area contributed by atoms with Crippen LogP contribution in [0.3, 0.4) is 0 Å². The standard InChI is InChI=1S/C16H16FNO4S/c1-10(2)21-14-5-3-11(4-6-14)15-8-13(17)7-12-9-18-23(19,20)22-16(12)15/h3-8,10,18H,9H2,1-2H3. The average molecular weight is 337 g/mol. The Morgan fingerprint density at radius 2 is 1.91 bits per heavy atom. The summed E-state index contributed by atoms with van der Waals surface area (Å²) in [5, 5.41) is 0. The molecule has 0 fully saturated rings. The van der Waals surface area contributed by atoms with Crippen LogP contribution in [0.15, 0.2) is 36.4 Å². The summed E-state index contributed by atoms with van der Waals surface area (Å²) in [5.74, 6) is 0.387. The molecule has 5 nitrogen and oxygen atoms in total. The third-order valence-electron chi connectivity index (χ3n) is 3.30. The molecule has 0 aliphatic carbocycles. The van der Waals surface area contributed by atoms with Gasteiger partial charge >= 0.3 is 10.3 Å². The minimum Gasteiger partial charge on any atom is -0.491 e. The van der Waals surface area contributed by atoms with E-state index in [9.17, 15) is 12.8 Å². The molecule has 0 aromatic heterocycles. The number of benzene rings is 2. The highest BCUT2D eigenvalue weighted by Crippen LogP contribution is 2.37. The van der Waals surface area contributed by atoms with Crippen molar-refractivity contribution in [3.63, 3.8) is 0 Å². The Labute approximate surface area is 134 Å². The van der Waals surface area contributed by atoms with Crippen LogP contribution < -0.4 is 13.6 Å². The number of nitrogens with one attached hydrogen (secondary N) is 1. The normalized spacial score (nSPS) is 15.8. The molecule has 0 saturated carbocycles. The van der Waals surface area contributed by atoms with E-state index in [0.717, 1.165) is 0 Å². The van der Waals surface area contributed by atoms with Gasteiger partial charge in [-0.05, 0) is 43.7 Å². The average Bonchev–Trinajstić information content (AvgIpc) is 2.47. The van der Waals surface area contributed by atoms with E-state index in [1.807, 2.05) is 13.8 Å². The first-order chi connectivity index (χ1) is 10.8. The van der Waals surface area contributed by atoms with Crippen molar-refractivity contribution in [2.24, 2.45) is 0 Å². The van der Waals surface area contributed by atoms with Gasteiger partial charge < -0.3 is 8.92 Å². The quantitative estimate of drug-likeness (QED) is 0.935. The van der Waals surface area contributed by atoms with Crippen LogP contribution in [0.4, 0.5) is 4.39 Å². The Morgan fingerprint density at radius 3 is 2.57 bits per heavy atom. The molecular weight excluding hydrogens is 321 g/mol. The number of rotatable bonds is 3. The Balaban J connectivity index is 2.04. The van der Waals surface area contributed by atoms with E-state index in [2.05, 4.69) is 4.72 Å². The predicted octanol–water partition coefficient (Wildman–Crippen LogP) is 3.01. The van der Waals surface area contributed by atoms with Crippen LogP contribution >= 0.6 is 0 Å². The van der Waals surface area contributed by atoms with Gasteiger partial charge in [0.15, 0.2) is 5.75 Å². The molecule has 0 atom stereocenters. The highest BCUT2D eigenvalue weighted by atomic mass is 32.2. The van der Waals surface area contributed by atoms with Crippen LogP contribution in [0.2, 0.25) is 0 Å². The second kappa shape index (κ2) is 5.82. The fourth-order valence-electron chi connectivity index (χ4n) is 2.38. The molecule has 0 spiro atoms. The fraction of sp³-hybridized carbons (Fsp3) is 0.250. The molecule has 1 heterocycles. The van der Waals surface area contributed by atoms with Crippen molar-refractivity contribution in [2.75, 3.05) is 0 Å². The Morgan fingerprint density at radius 1 is 1.22 bits per heavy atom. The molecule has 0 bridgehead atoms. The molecular formula is C16H16FNO4S. The maximum absolute atomic E-state index is 13.8. The van der Waals surface area contributed by atoms with Gasteiger partial charge in [-0.25, -0.2) is 4.39 Å². The van der Waals surface area contributed by atoms with Crippen LogP contribution in [0.5, 0.6) is 11.5 Å². The van der Waals surface area contributed by atoms with Gasteiger partial charge in [-0.1, -0.05) is 12.1 Å². The maximum Gasteiger partial charge on any atom is 0.382 e. The first-order valence-corrected chi connectivity index (χ1v) is 8.53. The number of hydrogen-bond donors (Lipinski definition) is 1. The van der Waals surface area contributed by atoms with Crippen molar-refractivity contribution in [2.45, 2.75) is 26.5 Å². The lowest BCUT2D eigenvalue weighted by Crippen LogP contribution is -2.32. The molecule has 1 aliphatic heterocycles. The number of halogens is 1. The monoisotopic (exact) mass is 337 g/mol. The SMILES string of the molecule is CC(C)Oc1ccc(-c2cc(F)cc3c2OS(=O)(=O)NC3)cc1. The van der Waals surface area contributed by atoms with Gasteiger partial charge in [0, 0.05) is 17.7 Å². The van der Waals surface area contributed by atoms with E-state index in [1.54, 1.807) is 24.3 Å². The minimum atomic E-state index is -3.86. The van der Waals surface area contributed by atoms with Gasteiger partial charge in [0.05, 0.1) is 6.10 Å². The van der Waals surface area contributed by atoms with Gasteiger partial charge in [0.1, 0.15) is 11.6 Å². The lowest BCUT2D eigenvalue weighted by Gasteiger charge is -2.21. The second-order valence-electron chi connectivity index (χ2n) is 5.49. The van der Waals surface area contributed by atoms with Crippen LogP contribution in [0.25, 0.3) is 11.1 Å². The molecule has 0 saturated heterocycles. The molecule has 3 rings (SSSR count). The van der Waals surface area contributed by atoms with Gasteiger partial charge in [-0.15, -0.1) is 0 Å².